The van der Waals surface area contributed by atoms with Gasteiger partial charge < -0.3 is 90.0 Å². The van der Waals surface area contributed by atoms with Crippen molar-refractivity contribution >= 4 is 25.3 Å². The van der Waals surface area contributed by atoms with E-state index in [1.54, 1.807) is 0 Å². The quantitative estimate of drug-likeness (QED) is 0.0434. The highest BCUT2D eigenvalue weighted by molar-refractivity contribution is 7.80. The van der Waals surface area contributed by atoms with Crippen molar-refractivity contribution in [1.29, 1.82) is 0 Å². The average molecular weight is 1720 g/mol. The van der Waals surface area contributed by atoms with Crippen molar-refractivity contribution < 1.29 is 90.0 Å². The number of unbranched alkanes of at least 4 members (excludes halogenated alkanes) is 48. The van der Waals surface area contributed by atoms with E-state index in [-0.39, 0.29) is 12.2 Å². The van der Waals surface area contributed by atoms with Crippen molar-refractivity contribution in [2.45, 2.75) is 374 Å². The Balaban J connectivity index is 0. The van der Waals surface area contributed by atoms with Crippen molar-refractivity contribution in [1.82, 2.24) is 0 Å². The number of hydrogen-bond donors (Lipinski definition) is 2. The van der Waals surface area contributed by atoms with Gasteiger partial charge in [0.1, 0.15) is 12.2 Å². The zero-order chi connectivity index (χ0) is 84.2. The molecular formula is C96H196O19S2. The van der Waals surface area contributed by atoms with Crippen LogP contribution in [0.1, 0.15) is 362 Å². The molecule has 0 amide bonds. The maximum Gasteiger partial charge on any atom is 0.104 e. The van der Waals surface area contributed by atoms with Gasteiger partial charge >= 0.3 is 0 Å². The topological polar surface area (TPSA) is 175 Å². The molecule has 0 aliphatic carbocycles. The van der Waals surface area contributed by atoms with Crippen LogP contribution in [0, 0.1) is 0 Å². The highest BCUT2D eigenvalue weighted by atomic mass is 32.1. The molecule has 0 spiro atoms. The molecule has 0 aromatic carbocycles. The summed E-state index contributed by atoms with van der Waals surface area (Å²) in [4.78, 5) is 0. The van der Waals surface area contributed by atoms with Gasteiger partial charge in [-0.15, -0.1) is 0 Å². The van der Waals surface area contributed by atoms with Crippen LogP contribution in [0.25, 0.3) is 0 Å². The number of hydrogen-bond acceptors (Lipinski definition) is 21. The van der Waals surface area contributed by atoms with E-state index in [2.05, 4.69) is 53.0 Å². The van der Waals surface area contributed by atoms with Crippen LogP contribution in [0.3, 0.4) is 0 Å². The monoisotopic (exact) mass is 1720 g/mol. The summed E-state index contributed by atoms with van der Waals surface area (Å²) >= 11 is 8.19. The third kappa shape index (κ3) is 114. The summed E-state index contributed by atoms with van der Waals surface area (Å²) < 4.78 is 108. The summed E-state index contributed by atoms with van der Waals surface area (Å²) in [5.74, 6) is 1.45. The van der Waals surface area contributed by atoms with Crippen molar-refractivity contribution in [2.75, 3.05) is 249 Å². The van der Waals surface area contributed by atoms with Gasteiger partial charge in [-0.25, -0.2) is 0 Å². The molecule has 0 aromatic heterocycles. The summed E-state index contributed by atoms with van der Waals surface area (Å²) in [6.07, 6.45) is 70.6. The zero-order valence-electron chi connectivity index (χ0n) is 77.4. The summed E-state index contributed by atoms with van der Waals surface area (Å²) in [6.45, 7) is 30.0. The lowest BCUT2D eigenvalue weighted by Gasteiger charge is -2.18. The molecule has 706 valence electrons. The first-order valence-corrected chi connectivity index (χ1v) is 50.7. The molecule has 0 N–H and O–H groups in total. The number of rotatable bonds is 109. The average Bonchev–Trinajstić information content (AvgIpc) is 1.02. The van der Waals surface area contributed by atoms with Gasteiger partial charge in [0.05, 0.1) is 211 Å². The Morgan fingerprint density at radius 1 is 0.128 bits per heavy atom. The van der Waals surface area contributed by atoms with E-state index in [4.69, 9.17) is 90.0 Å². The Morgan fingerprint density at radius 3 is 0.402 bits per heavy atom. The summed E-state index contributed by atoms with van der Waals surface area (Å²) in [5.41, 5.74) is 0. The van der Waals surface area contributed by atoms with Crippen molar-refractivity contribution in [3.63, 3.8) is 0 Å². The fraction of sp³-hybridized carbons (Fsp3) is 1.00. The van der Waals surface area contributed by atoms with E-state index in [9.17, 15) is 0 Å². The summed E-state index contributed by atoms with van der Waals surface area (Å²) in [6, 6.07) is 0. The Labute approximate surface area is 734 Å². The third-order valence-corrected chi connectivity index (χ3v) is 20.9. The predicted molar refractivity (Wildman–Crippen MR) is 494 cm³/mol. The van der Waals surface area contributed by atoms with Crippen molar-refractivity contribution in [2.24, 2.45) is 0 Å². The Kier molecular flexibility index (Phi) is 118. The molecule has 2 unspecified atom stereocenters. The first-order chi connectivity index (χ1) is 58.2. The SMILES string of the molecule is CCCCCCCCCCCCCCCCOCC(COCCOCCOCCOCCOCCOCCOCCOCCOCCS)OCCCCCCCCCCCCCCCC.CCCCCCCCCCCCCCOCC(COCCOCCOCCOCCOCCOCCS)OCCCCCCCCCCCCCC. The van der Waals surface area contributed by atoms with Crippen LogP contribution in [0.4, 0.5) is 0 Å². The third-order valence-electron chi connectivity index (χ3n) is 20.5. The standard InChI is InChI=1S/C53H108O11S.C43H88O8S/c1-3-5-7-9-11-13-15-17-19-21-23-25-27-29-31-62-51-53(64-32-30-28-26-24-22-20-18-16-14-12-10-8-6-4-2)52-63-48-47-60-44-43-58-40-39-56-36-35-54-33-34-55-37-38-57-41-42-59-45-46-61-49-50-65;1-3-5-7-9-11-13-15-17-19-21-23-25-27-49-41-43(51-28-26-24-22-20-18-16-14-12-10-8-6-4-2)42-50-38-37-47-34-33-45-30-29-44-31-32-46-35-36-48-39-40-52/h53,65H,3-52H2,1-2H3;43,52H,3-42H2,1-2H3. The maximum absolute atomic E-state index is 6.29. The fourth-order valence-electron chi connectivity index (χ4n) is 13.3. The molecule has 21 heteroatoms. The van der Waals surface area contributed by atoms with Crippen LogP contribution < -0.4 is 0 Å². The molecule has 19 nitrogen and oxygen atoms in total. The molecular weight excluding hydrogens is 1520 g/mol. The van der Waals surface area contributed by atoms with E-state index >= 15 is 0 Å². The number of ether oxygens (including phenoxy) is 19. The zero-order valence-corrected chi connectivity index (χ0v) is 79.2. The van der Waals surface area contributed by atoms with Gasteiger partial charge in [-0.05, 0) is 25.7 Å². The minimum absolute atomic E-state index is 0.0230. The van der Waals surface area contributed by atoms with Crippen LogP contribution >= 0.6 is 25.3 Å². The van der Waals surface area contributed by atoms with Crippen LogP contribution in [0.15, 0.2) is 0 Å². The molecule has 0 heterocycles. The largest absolute Gasteiger partial charge is 0.379 e. The first-order valence-electron chi connectivity index (χ1n) is 49.5. The number of thiol groups is 2. The van der Waals surface area contributed by atoms with Gasteiger partial charge in [-0.3, -0.25) is 0 Å². The lowest BCUT2D eigenvalue weighted by molar-refractivity contribution is -0.0702. The predicted octanol–water partition coefficient (Wildman–Crippen LogP) is 23.2. The van der Waals surface area contributed by atoms with Gasteiger partial charge in [0.2, 0.25) is 0 Å². The minimum atomic E-state index is -0.0354. The van der Waals surface area contributed by atoms with E-state index in [1.165, 1.54) is 308 Å². The maximum atomic E-state index is 6.29. The van der Waals surface area contributed by atoms with E-state index in [0.717, 1.165) is 63.6 Å². The highest BCUT2D eigenvalue weighted by Gasteiger charge is 2.13. The summed E-state index contributed by atoms with van der Waals surface area (Å²) in [5, 5.41) is 0. The molecule has 0 aliphatic rings. The second-order valence-corrected chi connectivity index (χ2v) is 32.6. The van der Waals surface area contributed by atoms with Gasteiger partial charge in [0.25, 0.3) is 0 Å². The first kappa shape index (κ1) is 119. The Bertz CT molecular complexity index is 1660. The van der Waals surface area contributed by atoms with Gasteiger partial charge in [0, 0.05) is 37.9 Å². The molecule has 0 saturated carbocycles. The molecule has 0 aliphatic heterocycles. The molecule has 0 fully saturated rings. The Hall–Kier alpha value is -0.0600. The van der Waals surface area contributed by atoms with Crippen LogP contribution in [0.5, 0.6) is 0 Å². The smallest absolute Gasteiger partial charge is 0.104 e. The second kappa shape index (κ2) is 116. The van der Waals surface area contributed by atoms with Crippen LogP contribution in [0.2, 0.25) is 0 Å². The summed E-state index contributed by atoms with van der Waals surface area (Å²) in [7, 11) is 0. The molecule has 2 atom stereocenters. The van der Waals surface area contributed by atoms with Crippen LogP contribution in [-0.4, -0.2) is 262 Å². The lowest BCUT2D eigenvalue weighted by Crippen LogP contribution is -2.27. The highest BCUT2D eigenvalue weighted by Crippen LogP contribution is 2.18. The molecule has 0 bridgehead atoms. The second-order valence-electron chi connectivity index (χ2n) is 31.7. The fourth-order valence-corrected chi connectivity index (χ4v) is 13.6. The lowest BCUT2D eigenvalue weighted by atomic mass is 10.0. The van der Waals surface area contributed by atoms with Gasteiger partial charge in [-0.1, -0.05) is 336 Å². The van der Waals surface area contributed by atoms with E-state index < -0.39 is 0 Å². The van der Waals surface area contributed by atoms with Crippen molar-refractivity contribution in [3.05, 3.63) is 0 Å². The van der Waals surface area contributed by atoms with Crippen molar-refractivity contribution in [3.8, 4) is 0 Å². The van der Waals surface area contributed by atoms with Gasteiger partial charge in [0.15, 0.2) is 0 Å². The van der Waals surface area contributed by atoms with Gasteiger partial charge in [-0.2, -0.15) is 25.3 Å². The molecule has 0 rings (SSSR count). The minimum Gasteiger partial charge on any atom is -0.379 e. The molecule has 0 radical (unpaired) electrons. The Morgan fingerprint density at radius 2 is 0.248 bits per heavy atom. The molecule has 0 aromatic rings. The van der Waals surface area contributed by atoms with E-state index in [1.807, 2.05) is 0 Å². The van der Waals surface area contributed by atoms with Crippen LogP contribution in [-0.2, 0) is 90.0 Å². The van der Waals surface area contributed by atoms with E-state index in [0.29, 0.717) is 211 Å². The molecule has 0 saturated heterocycles. The normalized spacial score (nSPS) is 12.3. The molecule has 117 heavy (non-hydrogen) atoms.